The zero-order valence-electron chi connectivity index (χ0n) is 31.5. The Labute approximate surface area is 311 Å². The summed E-state index contributed by atoms with van der Waals surface area (Å²) < 4.78 is 32.0. The van der Waals surface area contributed by atoms with Crippen LogP contribution >= 0.6 is 0 Å². The lowest BCUT2D eigenvalue weighted by atomic mass is 9.70. The molecule has 3 fully saturated rings. The summed E-state index contributed by atoms with van der Waals surface area (Å²) in [6.45, 7) is 11.9. The van der Waals surface area contributed by atoms with Gasteiger partial charge in [-0.3, -0.25) is 4.79 Å². The molecule has 12 atom stereocenters. The van der Waals surface area contributed by atoms with Crippen molar-refractivity contribution in [1.29, 1.82) is 0 Å². The SMILES string of the molecule is CC[C@H](C)[C@H]1O[C@]2(CC[C@@H]1C)C[C@@H]1C[C@@H](C/C=C(\C)[C@@H](O)[C@@H](C)/C=C/C=C3\CO[C@@H]4[C@H](OC(=O)c5ccccc5C(=O)O)C(C)=C[C@@H](C(=O)O1)[C@]34O)O2. The second-order valence-corrected chi connectivity index (χ2v) is 15.8. The Balaban J connectivity index is 1.38. The van der Waals surface area contributed by atoms with Gasteiger partial charge in [-0.25, -0.2) is 9.59 Å². The first-order chi connectivity index (χ1) is 25.2. The van der Waals surface area contributed by atoms with Gasteiger partial charge in [0.2, 0.25) is 0 Å². The van der Waals surface area contributed by atoms with Crippen LogP contribution in [0.5, 0.6) is 0 Å². The number of aliphatic hydroxyl groups is 2. The molecule has 0 aromatic heterocycles. The molecule has 53 heavy (non-hydrogen) atoms. The number of fused-ring (bicyclic) bond motifs is 2. The Bertz CT molecular complexity index is 1690. The summed E-state index contributed by atoms with van der Waals surface area (Å²) in [6, 6.07) is 5.73. The van der Waals surface area contributed by atoms with Crippen LogP contribution in [0.3, 0.4) is 0 Å². The first-order valence-electron chi connectivity index (χ1n) is 19.0. The molecule has 0 saturated carbocycles. The van der Waals surface area contributed by atoms with Crippen LogP contribution in [-0.2, 0) is 28.5 Å². The van der Waals surface area contributed by atoms with Crippen LogP contribution in [0, 0.1) is 23.7 Å². The fraction of sp³-hybridized carbons (Fsp3) is 0.595. The molecule has 3 N–H and O–H groups in total. The second kappa shape index (κ2) is 15.6. The molecule has 5 aliphatic rings. The van der Waals surface area contributed by atoms with Crippen LogP contribution in [0.2, 0.25) is 0 Å². The Morgan fingerprint density at radius 3 is 2.53 bits per heavy atom. The summed E-state index contributed by atoms with van der Waals surface area (Å²) in [5.74, 6) is -4.65. The third kappa shape index (κ3) is 7.69. The quantitative estimate of drug-likeness (QED) is 0.237. The van der Waals surface area contributed by atoms with E-state index in [-0.39, 0.29) is 35.9 Å². The largest absolute Gasteiger partial charge is 0.478 e. The van der Waals surface area contributed by atoms with Crippen molar-refractivity contribution in [2.24, 2.45) is 23.7 Å². The van der Waals surface area contributed by atoms with E-state index in [4.69, 9.17) is 23.7 Å². The molecule has 6 rings (SSSR count). The summed E-state index contributed by atoms with van der Waals surface area (Å²) in [5.41, 5.74) is -0.731. The number of carboxylic acids is 1. The highest BCUT2D eigenvalue weighted by Gasteiger charge is 2.61. The molecular formula is C42H54O11. The summed E-state index contributed by atoms with van der Waals surface area (Å²) in [7, 11) is 0. The minimum absolute atomic E-state index is 0.0238. The van der Waals surface area contributed by atoms with Crippen LogP contribution in [0.25, 0.3) is 0 Å². The minimum Gasteiger partial charge on any atom is -0.478 e. The van der Waals surface area contributed by atoms with Gasteiger partial charge in [0.15, 0.2) is 11.9 Å². The Hall–Kier alpha value is -3.61. The second-order valence-electron chi connectivity index (χ2n) is 15.8. The van der Waals surface area contributed by atoms with Gasteiger partial charge in [0, 0.05) is 25.2 Å². The van der Waals surface area contributed by atoms with E-state index in [1.54, 1.807) is 25.2 Å². The number of allylic oxidation sites excluding steroid dienone is 2. The first-order valence-corrected chi connectivity index (χ1v) is 19.0. The van der Waals surface area contributed by atoms with E-state index in [1.165, 1.54) is 24.3 Å². The van der Waals surface area contributed by atoms with Crippen LogP contribution < -0.4 is 0 Å². The Morgan fingerprint density at radius 2 is 1.81 bits per heavy atom. The van der Waals surface area contributed by atoms with Gasteiger partial charge >= 0.3 is 17.9 Å². The molecule has 1 aliphatic carbocycles. The van der Waals surface area contributed by atoms with Gasteiger partial charge in [-0.15, -0.1) is 0 Å². The Morgan fingerprint density at radius 1 is 1.08 bits per heavy atom. The number of hydrogen-bond acceptors (Lipinski definition) is 10. The van der Waals surface area contributed by atoms with Crippen molar-refractivity contribution in [1.82, 2.24) is 0 Å². The molecule has 1 aromatic carbocycles. The van der Waals surface area contributed by atoms with E-state index in [2.05, 4.69) is 20.8 Å². The predicted octanol–water partition coefficient (Wildman–Crippen LogP) is 6.09. The van der Waals surface area contributed by atoms with Crippen LogP contribution in [0.15, 0.2) is 71.4 Å². The number of rotatable bonds is 5. The van der Waals surface area contributed by atoms with Crippen molar-refractivity contribution in [2.75, 3.05) is 6.61 Å². The van der Waals surface area contributed by atoms with E-state index in [0.29, 0.717) is 48.7 Å². The molecule has 2 bridgehead atoms. The molecular weight excluding hydrogens is 680 g/mol. The van der Waals surface area contributed by atoms with E-state index in [9.17, 15) is 29.7 Å². The maximum absolute atomic E-state index is 14.4. The number of carbonyl (C=O) groups is 3. The molecule has 11 heteroatoms. The number of carboxylic acid groups (broad SMARTS) is 1. The third-order valence-corrected chi connectivity index (χ3v) is 12.1. The molecule has 0 amide bonds. The van der Waals surface area contributed by atoms with Gasteiger partial charge in [0.1, 0.15) is 23.7 Å². The van der Waals surface area contributed by atoms with Gasteiger partial charge in [0.25, 0.3) is 0 Å². The molecule has 11 nitrogen and oxygen atoms in total. The van der Waals surface area contributed by atoms with Gasteiger partial charge in [-0.2, -0.15) is 0 Å². The standard InChI is InChI=1S/C42H54O11/c1-7-23(2)35-26(5)17-18-41(53-35)21-30-20-29(52-41)16-15-25(4)34(43)24(3)11-10-12-28-22-49-37-36(27(6)19-33(40(47)50-30)42(28,37)48)51-39(46)32-14-9-8-13-31(32)38(44)45/h8-15,19,23-24,26,29-30,33-37,43,48H,7,16-18,20-22H2,1-6H3,(H,44,45)/b11-10+,25-15+,28-12+/t23-,24-,26-,29+,30-,33-,34-,35+,36+,37+,41+,42+/m0/s1. The molecule has 4 aliphatic heterocycles. The van der Waals surface area contributed by atoms with Gasteiger partial charge in [0.05, 0.1) is 36.0 Å². The molecule has 4 heterocycles. The van der Waals surface area contributed by atoms with Crippen molar-refractivity contribution in [3.63, 3.8) is 0 Å². The van der Waals surface area contributed by atoms with E-state index >= 15 is 0 Å². The molecule has 1 aromatic rings. The monoisotopic (exact) mass is 734 g/mol. The number of carbonyl (C=O) groups excluding carboxylic acids is 2. The number of esters is 2. The predicted molar refractivity (Wildman–Crippen MR) is 195 cm³/mol. The zero-order valence-corrected chi connectivity index (χ0v) is 31.5. The van der Waals surface area contributed by atoms with Crippen molar-refractivity contribution >= 4 is 17.9 Å². The highest BCUT2D eigenvalue weighted by Crippen LogP contribution is 2.48. The molecule has 3 saturated heterocycles. The Kier molecular flexibility index (Phi) is 11.5. The molecule has 0 unspecified atom stereocenters. The van der Waals surface area contributed by atoms with E-state index in [0.717, 1.165) is 18.4 Å². The highest BCUT2D eigenvalue weighted by molar-refractivity contribution is 6.02. The van der Waals surface area contributed by atoms with Crippen molar-refractivity contribution in [3.05, 3.63) is 82.5 Å². The van der Waals surface area contributed by atoms with E-state index in [1.807, 2.05) is 26.0 Å². The summed E-state index contributed by atoms with van der Waals surface area (Å²) in [4.78, 5) is 39.8. The lowest BCUT2D eigenvalue weighted by Gasteiger charge is -2.51. The van der Waals surface area contributed by atoms with Gasteiger partial charge < -0.3 is 39.0 Å². The first kappa shape index (κ1) is 39.1. The number of benzene rings is 1. The van der Waals surface area contributed by atoms with Crippen molar-refractivity contribution < 1.29 is 53.4 Å². The molecule has 0 radical (unpaired) electrons. The number of aromatic carboxylic acids is 1. The van der Waals surface area contributed by atoms with Gasteiger partial charge in [-0.05, 0) is 67.4 Å². The zero-order chi connectivity index (χ0) is 38.2. The van der Waals surface area contributed by atoms with Crippen molar-refractivity contribution in [2.45, 2.75) is 128 Å². The topological polar surface area (TPSA) is 158 Å². The fourth-order valence-electron chi connectivity index (χ4n) is 8.72. The smallest absolute Gasteiger partial charge is 0.339 e. The van der Waals surface area contributed by atoms with Crippen molar-refractivity contribution in [3.8, 4) is 0 Å². The number of aliphatic hydroxyl groups excluding tert-OH is 1. The van der Waals surface area contributed by atoms with Gasteiger partial charge in [-0.1, -0.05) is 76.6 Å². The number of ether oxygens (including phenoxy) is 5. The average Bonchev–Trinajstić information content (AvgIpc) is 3.47. The highest BCUT2D eigenvalue weighted by atomic mass is 16.7. The average molecular weight is 735 g/mol. The van der Waals surface area contributed by atoms with Crippen LogP contribution in [0.4, 0.5) is 0 Å². The normalized spacial score (nSPS) is 40.7. The van der Waals surface area contributed by atoms with E-state index < -0.39 is 59.6 Å². The summed E-state index contributed by atoms with van der Waals surface area (Å²) >= 11 is 0. The van der Waals surface area contributed by atoms with Crippen LogP contribution in [-0.4, -0.2) is 87.8 Å². The lowest BCUT2D eigenvalue weighted by molar-refractivity contribution is -0.340. The molecule has 288 valence electrons. The van der Waals surface area contributed by atoms with Crippen LogP contribution in [0.1, 0.15) is 101 Å². The fourth-order valence-corrected chi connectivity index (χ4v) is 8.72. The maximum Gasteiger partial charge on any atom is 0.339 e. The lowest BCUT2D eigenvalue weighted by Crippen LogP contribution is -2.59. The molecule has 1 spiro atoms. The third-order valence-electron chi connectivity index (χ3n) is 12.1. The minimum atomic E-state index is -1.98. The maximum atomic E-state index is 14.4. The summed E-state index contributed by atoms with van der Waals surface area (Å²) in [6.07, 6.45) is 8.42. The summed E-state index contributed by atoms with van der Waals surface area (Å²) in [5, 5.41) is 33.6. The number of hydrogen-bond donors (Lipinski definition) is 3.